The second kappa shape index (κ2) is 25.3. The van der Waals surface area contributed by atoms with E-state index in [1.807, 2.05) is 35.5 Å². The van der Waals surface area contributed by atoms with Crippen molar-refractivity contribution >= 4 is 63.3 Å². The quantitative estimate of drug-likeness (QED) is 0.0414. The molecule has 0 saturated heterocycles. The average molecular weight is 1040 g/mol. The number of allylic oxidation sites excluding steroid dienone is 8. The van der Waals surface area contributed by atoms with Crippen LogP contribution in [-0.4, -0.2) is 143 Å². The fourth-order valence-electron chi connectivity index (χ4n) is 8.72. The molecule has 2 aliphatic rings. The van der Waals surface area contributed by atoms with Crippen LogP contribution in [0.5, 0.6) is 0 Å². The first kappa shape index (κ1) is 57.4. The van der Waals surface area contributed by atoms with Gasteiger partial charge in [-0.3, -0.25) is 4.79 Å². The van der Waals surface area contributed by atoms with Crippen molar-refractivity contribution in [1.29, 1.82) is 0 Å². The van der Waals surface area contributed by atoms with Crippen LogP contribution in [0.1, 0.15) is 76.3 Å². The average Bonchev–Trinajstić information content (AvgIpc) is 3.63. The number of unbranched alkanes of at least 4 members (excludes halogenated alkanes) is 2. The Bertz CT molecular complexity index is 2740. The molecule has 0 radical (unpaired) electrons. The monoisotopic (exact) mass is 1040 g/mol. The van der Waals surface area contributed by atoms with Gasteiger partial charge in [0.2, 0.25) is 25.7 Å². The number of carboxylic acid groups (broad SMARTS) is 1. The zero-order valence-corrected chi connectivity index (χ0v) is 43.0. The Kier molecular flexibility index (Phi) is 21.1. The number of benzene rings is 2. The molecule has 23 heteroatoms. The smallest absolute Gasteiger partial charge is 0.303 e. The summed E-state index contributed by atoms with van der Waals surface area (Å²) in [6, 6.07) is 9.49. The van der Waals surface area contributed by atoms with Crippen LogP contribution in [0.2, 0.25) is 0 Å². The summed E-state index contributed by atoms with van der Waals surface area (Å²) >= 11 is 0. The number of ether oxygens (including phenoxy) is 3. The number of carboxylic acids is 1. The van der Waals surface area contributed by atoms with Gasteiger partial charge in [-0.25, -0.2) is 43.1 Å². The lowest BCUT2D eigenvalue weighted by Crippen LogP contribution is -2.32. The van der Waals surface area contributed by atoms with E-state index in [-0.39, 0.29) is 68.2 Å². The van der Waals surface area contributed by atoms with Gasteiger partial charge in [0.25, 0.3) is 0 Å². The summed E-state index contributed by atoms with van der Waals surface area (Å²) in [4.78, 5) is 13.2. The summed E-state index contributed by atoms with van der Waals surface area (Å²) in [5, 5.41) is 9.19. The number of hydrogen-bond donors (Lipinski definition) is 3. The Hall–Kier alpha value is -4.14. The fraction of sp³-hybridized carbons (Fsp3) is 0.522. The van der Waals surface area contributed by atoms with Gasteiger partial charge in [0.15, 0.2) is 5.71 Å². The maximum atomic E-state index is 13.4. The standard InChI is InChI=1S/C46H66N4O15S4/c1-45(23-14-32-66(53,54)55)38-34-36(68(59,60)47-25-29-63-3)19-21-40(38)49(27-13-9-12-18-44(51)52)42(45)16-10-7-6-8-11-17-43-46(2,24-15-33-67(56,57)58)39-35-37(69(61,62)48-26-30-64-4)20-22-41(39)50(43)28-31-65-5/h6-8,10-11,16-17,19-22,34-35,47-48H,9,12-15,18,23-33H2,1-5H3,(H2-,51,52,53,54,55,56,57,58)/p-1. The van der Waals surface area contributed by atoms with E-state index in [2.05, 4.69) is 9.44 Å². The Morgan fingerprint density at radius 3 is 1.80 bits per heavy atom. The molecule has 2 aliphatic heterocycles. The van der Waals surface area contributed by atoms with Crippen LogP contribution in [0, 0.1) is 0 Å². The van der Waals surface area contributed by atoms with Gasteiger partial charge in [-0.1, -0.05) is 30.4 Å². The molecule has 3 N–H and O–H groups in total. The second-order valence-electron chi connectivity index (χ2n) is 17.1. The highest BCUT2D eigenvalue weighted by atomic mass is 32.2. The van der Waals surface area contributed by atoms with Crippen LogP contribution < -0.4 is 14.3 Å². The third-order valence-electron chi connectivity index (χ3n) is 12.1. The van der Waals surface area contributed by atoms with E-state index in [0.717, 1.165) is 0 Å². The lowest BCUT2D eigenvalue weighted by atomic mass is 9.76. The normalized spacial score (nSPS) is 19.5. The van der Waals surface area contributed by atoms with E-state index in [1.54, 1.807) is 61.8 Å². The molecule has 19 nitrogen and oxygen atoms in total. The van der Waals surface area contributed by atoms with Gasteiger partial charge in [-0.2, -0.15) is 4.58 Å². The van der Waals surface area contributed by atoms with Crippen LogP contribution in [-0.2, 0) is 70.1 Å². The molecule has 2 unspecified atom stereocenters. The molecule has 69 heavy (non-hydrogen) atoms. The first-order chi connectivity index (χ1) is 32.4. The molecule has 2 aromatic carbocycles. The number of rotatable bonds is 31. The lowest BCUT2D eigenvalue weighted by molar-refractivity contribution is -0.438. The van der Waals surface area contributed by atoms with E-state index in [4.69, 9.17) is 14.2 Å². The molecule has 0 bridgehead atoms. The van der Waals surface area contributed by atoms with E-state index in [9.17, 15) is 52.7 Å². The number of hydrogen-bond acceptors (Lipinski definition) is 15. The first-order valence-electron chi connectivity index (χ1n) is 22.4. The topological polar surface area (TPSA) is 278 Å². The van der Waals surface area contributed by atoms with Crippen LogP contribution in [0.25, 0.3) is 0 Å². The molecule has 2 aromatic rings. The highest BCUT2D eigenvalue weighted by Gasteiger charge is 2.48. The van der Waals surface area contributed by atoms with Gasteiger partial charge < -0.3 is 33.3 Å². The number of sulfonamides is 2. The van der Waals surface area contributed by atoms with Crippen molar-refractivity contribution in [2.45, 2.75) is 85.8 Å². The van der Waals surface area contributed by atoms with Crippen LogP contribution in [0.4, 0.5) is 11.4 Å². The lowest BCUT2D eigenvalue weighted by Gasteiger charge is -2.30. The zero-order chi connectivity index (χ0) is 51.1. The van der Waals surface area contributed by atoms with Crippen LogP contribution in [0.15, 0.2) is 94.4 Å². The first-order valence-corrected chi connectivity index (χ1v) is 28.5. The number of methoxy groups -OCH3 is 3. The minimum absolute atomic E-state index is 0.00249. The second-order valence-corrected chi connectivity index (χ2v) is 23.7. The van der Waals surface area contributed by atoms with Gasteiger partial charge in [0.1, 0.15) is 6.54 Å². The largest absolute Gasteiger partial charge is 0.748 e. The molecule has 0 aliphatic carbocycles. The minimum atomic E-state index is -4.57. The molecule has 0 aromatic heterocycles. The number of aliphatic carboxylic acids is 1. The Labute approximate surface area is 407 Å². The number of nitrogens with zero attached hydrogens (tertiary/aromatic N) is 2. The summed E-state index contributed by atoms with van der Waals surface area (Å²) in [6.45, 7) is 5.21. The predicted molar refractivity (Wildman–Crippen MR) is 260 cm³/mol. The number of anilines is 1. The van der Waals surface area contributed by atoms with Crippen molar-refractivity contribution in [3.8, 4) is 0 Å². The van der Waals surface area contributed by atoms with E-state index < -0.39 is 68.6 Å². The highest BCUT2D eigenvalue weighted by molar-refractivity contribution is 7.89. The molecule has 0 fully saturated rings. The summed E-state index contributed by atoms with van der Waals surface area (Å²) in [7, 11) is -12.6. The number of nitrogens with one attached hydrogen (secondary N) is 2. The van der Waals surface area contributed by atoms with Crippen molar-refractivity contribution in [2.24, 2.45) is 0 Å². The molecule has 384 valence electrons. The van der Waals surface area contributed by atoms with E-state index in [1.165, 1.54) is 26.4 Å². The molecule has 4 rings (SSSR count). The maximum Gasteiger partial charge on any atom is 0.303 e. The summed E-state index contributed by atoms with van der Waals surface area (Å²) in [5.41, 5.74) is 2.12. The predicted octanol–water partition coefficient (Wildman–Crippen LogP) is 4.16. The molecule has 0 spiro atoms. The van der Waals surface area contributed by atoms with E-state index in [0.29, 0.717) is 72.9 Å². The van der Waals surface area contributed by atoms with Crippen LogP contribution >= 0.6 is 0 Å². The van der Waals surface area contributed by atoms with Gasteiger partial charge >= 0.3 is 5.97 Å². The van der Waals surface area contributed by atoms with Crippen molar-refractivity contribution in [1.82, 2.24) is 9.44 Å². The summed E-state index contributed by atoms with van der Waals surface area (Å²) < 4.78 is 146. The highest BCUT2D eigenvalue weighted by Crippen LogP contribution is 2.51. The maximum absolute atomic E-state index is 13.4. The molecular weight excluding hydrogens is 977 g/mol. The van der Waals surface area contributed by atoms with Crippen molar-refractivity contribution in [3.05, 3.63) is 95.8 Å². The zero-order valence-electron chi connectivity index (χ0n) is 39.7. The molecular formula is C46H65N4O15S4-. The number of carbonyl (C=O) groups is 1. The summed E-state index contributed by atoms with van der Waals surface area (Å²) in [6.07, 6.45) is 14.5. The van der Waals surface area contributed by atoms with Gasteiger partial charge in [-0.05, 0) is 94.3 Å². The SMILES string of the molecule is COCCNS(=O)(=O)c1ccc2c(c1)C(C)(CCCS(=O)(=O)[O-])C(/C=C/C=C/C=C/C=C1/N(CCOC)c3ccc(S(=O)(=O)NCCOC)cc3C1(C)CCCS(=O)(=O)[O-])=[N+]2CCCCCC(=O)O. The van der Waals surface area contributed by atoms with Crippen molar-refractivity contribution in [3.63, 3.8) is 0 Å². The van der Waals surface area contributed by atoms with Crippen molar-refractivity contribution < 1.29 is 71.5 Å². The summed E-state index contributed by atoms with van der Waals surface area (Å²) in [5.74, 6) is -2.14. The molecule has 0 saturated carbocycles. The molecule has 2 atom stereocenters. The third-order valence-corrected chi connectivity index (χ3v) is 16.6. The molecule has 0 amide bonds. The minimum Gasteiger partial charge on any atom is -0.748 e. The Morgan fingerprint density at radius 2 is 1.23 bits per heavy atom. The Morgan fingerprint density at radius 1 is 0.696 bits per heavy atom. The Balaban J connectivity index is 1.76. The van der Waals surface area contributed by atoms with Gasteiger partial charge in [0.05, 0.1) is 55.3 Å². The number of fused-ring (bicyclic) bond motifs is 2. The molecule has 2 heterocycles. The third kappa shape index (κ3) is 15.9. The van der Waals surface area contributed by atoms with Gasteiger partial charge in [-0.15, -0.1) is 0 Å². The van der Waals surface area contributed by atoms with E-state index >= 15 is 0 Å². The van der Waals surface area contributed by atoms with Crippen molar-refractivity contribution in [2.75, 3.05) is 83.7 Å². The van der Waals surface area contributed by atoms with Gasteiger partial charge in [0, 0.05) is 99.8 Å². The van der Waals surface area contributed by atoms with Crippen LogP contribution in [0.3, 0.4) is 0 Å². The fourth-order valence-corrected chi connectivity index (χ4v) is 11.8.